The predicted octanol–water partition coefficient (Wildman–Crippen LogP) is 3.28. The molecule has 0 saturated carbocycles. The Morgan fingerprint density at radius 2 is 2.06 bits per heavy atom. The summed E-state index contributed by atoms with van der Waals surface area (Å²) in [6.45, 7) is 4.77. The number of benzene rings is 2. The molecule has 1 atom stereocenters. The van der Waals surface area contributed by atoms with Crippen molar-refractivity contribution in [2.45, 2.75) is 38.8 Å². The minimum Gasteiger partial charge on any atom is -0.493 e. The van der Waals surface area contributed by atoms with Gasteiger partial charge in [0, 0.05) is 38.0 Å². The summed E-state index contributed by atoms with van der Waals surface area (Å²) in [5.41, 5.74) is 2.20. The van der Waals surface area contributed by atoms with Crippen LogP contribution in [0.4, 0.5) is 4.39 Å². The molecule has 0 radical (unpaired) electrons. The van der Waals surface area contributed by atoms with Gasteiger partial charge in [0.1, 0.15) is 23.7 Å². The molecule has 1 aromatic heterocycles. The van der Waals surface area contributed by atoms with Gasteiger partial charge in [0.25, 0.3) is 0 Å². The van der Waals surface area contributed by atoms with Gasteiger partial charge in [0.2, 0.25) is 0 Å². The summed E-state index contributed by atoms with van der Waals surface area (Å²) in [4.78, 5) is 4.79. The summed E-state index contributed by atoms with van der Waals surface area (Å²) < 4.78 is 21.0. The van der Waals surface area contributed by atoms with E-state index in [4.69, 9.17) is 9.73 Å². The van der Waals surface area contributed by atoms with Crippen molar-refractivity contribution in [2.75, 3.05) is 19.7 Å². The number of para-hydroxylation sites is 1. The molecule has 7 nitrogen and oxygen atoms in total. The van der Waals surface area contributed by atoms with Crippen LogP contribution >= 0.6 is 0 Å². The highest BCUT2D eigenvalue weighted by Crippen LogP contribution is 2.31. The molecule has 168 valence electrons. The van der Waals surface area contributed by atoms with Crippen molar-refractivity contribution >= 4 is 5.96 Å². The van der Waals surface area contributed by atoms with Crippen molar-refractivity contribution in [3.05, 3.63) is 77.6 Å². The first kappa shape index (κ1) is 21.8. The van der Waals surface area contributed by atoms with Crippen LogP contribution in [-0.2, 0) is 19.4 Å². The lowest BCUT2D eigenvalue weighted by molar-refractivity contribution is 0.261. The number of nitrogens with zero attached hydrogens (tertiary/aromatic N) is 4. The maximum absolute atomic E-state index is 13.2. The largest absolute Gasteiger partial charge is 0.493 e. The van der Waals surface area contributed by atoms with E-state index in [1.165, 1.54) is 12.1 Å². The van der Waals surface area contributed by atoms with Crippen molar-refractivity contribution < 1.29 is 9.13 Å². The molecule has 8 heteroatoms. The molecule has 2 heterocycles. The average molecular weight is 437 g/mol. The smallest absolute Gasteiger partial charge is 0.191 e. The summed E-state index contributed by atoms with van der Waals surface area (Å²) in [6, 6.07) is 14.8. The Kier molecular flexibility index (Phi) is 7.32. The molecule has 32 heavy (non-hydrogen) atoms. The van der Waals surface area contributed by atoms with E-state index in [1.54, 1.807) is 18.5 Å². The quantitative estimate of drug-likeness (QED) is 0.419. The Labute approximate surface area is 187 Å². The van der Waals surface area contributed by atoms with E-state index < -0.39 is 0 Å². The van der Waals surface area contributed by atoms with Gasteiger partial charge in [-0.2, -0.15) is 0 Å². The first-order valence-electron chi connectivity index (χ1n) is 11.1. The van der Waals surface area contributed by atoms with Crippen LogP contribution in [0.2, 0.25) is 0 Å². The van der Waals surface area contributed by atoms with Crippen LogP contribution in [0, 0.1) is 5.82 Å². The number of guanidine groups is 1. The van der Waals surface area contributed by atoms with Crippen LogP contribution in [0.5, 0.6) is 5.75 Å². The third kappa shape index (κ3) is 5.63. The number of hydrogen-bond acceptors (Lipinski definition) is 4. The van der Waals surface area contributed by atoms with Crippen LogP contribution < -0.4 is 15.4 Å². The number of fused-ring (bicyclic) bond motifs is 1. The van der Waals surface area contributed by atoms with Crippen molar-refractivity contribution in [1.82, 2.24) is 25.4 Å². The lowest BCUT2D eigenvalue weighted by Gasteiger charge is -2.28. The highest BCUT2D eigenvalue weighted by Gasteiger charge is 2.21. The summed E-state index contributed by atoms with van der Waals surface area (Å²) in [5, 5.41) is 15.2. The number of halogens is 1. The van der Waals surface area contributed by atoms with Crippen LogP contribution in [-0.4, -0.2) is 40.4 Å². The molecule has 0 amide bonds. The molecule has 0 spiro atoms. The first-order chi connectivity index (χ1) is 15.7. The number of aryl methyl sites for hydroxylation is 1. The maximum Gasteiger partial charge on any atom is 0.191 e. The maximum atomic E-state index is 13.2. The molecule has 1 unspecified atom stereocenters. The Bertz CT molecular complexity index is 1030. The number of hydrogen-bond donors (Lipinski definition) is 2. The first-order valence-corrected chi connectivity index (χ1v) is 11.1. The topological polar surface area (TPSA) is 76.4 Å². The molecule has 2 aromatic carbocycles. The van der Waals surface area contributed by atoms with Crippen molar-refractivity contribution in [3.63, 3.8) is 0 Å². The van der Waals surface area contributed by atoms with Gasteiger partial charge in [-0.3, -0.25) is 4.99 Å². The van der Waals surface area contributed by atoms with E-state index in [0.717, 1.165) is 54.5 Å². The van der Waals surface area contributed by atoms with Gasteiger partial charge >= 0.3 is 0 Å². The zero-order chi connectivity index (χ0) is 22.2. The standard InChI is InChI=1S/C24H29FN6O/c1-2-23-30-28-17-31(23)15-14-27-24(26-13-11-18-7-9-19(25)10-8-18)29-21-12-16-32-22-6-4-3-5-20(21)22/h3-10,17,21H,2,11-16H2,1H3,(H2,26,27,29). The number of aliphatic imine (C=N–C) groups is 1. The number of aromatic nitrogens is 3. The molecule has 4 rings (SSSR count). The van der Waals surface area contributed by atoms with Crippen molar-refractivity contribution in [2.24, 2.45) is 4.99 Å². The highest BCUT2D eigenvalue weighted by molar-refractivity contribution is 5.80. The molecule has 0 saturated heterocycles. The Morgan fingerprint density at radius 1 is 1.22 bits per heavy atom. The van der Waals surface area contributed by atoms with Crippen LogP contribution in [0.15, 0.2) is 59.9 Å². The minimum atomic E-state index is -0.222. The SMILES string of the molecule is CCc1nncn1CCNC(=NCCc1ccc(F)cc1)NC1CCOc2ccccc21. The molecule has 3 aromatic rings. The van der Waals surface area contributed by atoms with Gasteiger partial charge in [0.15, 0.2) is 5.96 Å². The zero-order valence-electron chi connectivity index (χ0n) is 18.3. The Morgan fingerprint density at radius 3 is 2.91 bits per heavy atom. The minimum absolute atomic E-state index is 0.123. The van der Waals surface area contributed by atoms with E-state index in [-0.39, 0.29) is 11.9 Å². The molecule has 0 aliphatic carbocycles. The zero-order valence-corrected chi connectivity index (χ0v) is 18.3. The molecule has 0 bridgehead atoms. The Hall–Kier alpha value is -3.42. The van der Waals surface area contributed by atoms with Gasteiger partial charge in [-0.1, -0.05) is 37.3 Å². The second-order valence-electron chi connectivity index (χ2n) is 7.70. The monoisotopic (exact) mass is 436 g/mol. The lowest BCUT2D eigenvalue weighted by atomic mass is 10.0. The van der Waals surface area contributed by atoms with E-state index in [1.807, 2.05) is 22.8 Å². The number of nitrogens with one attached hydrogen (secondary N) is 2. The van der Waals surface area contributed by atoms with Crippen molar-refractivity contribution in [1.29, 1.82) is 0 Å². The lowest BCUT2D eigenvalue weighted by Crippen LogP contribution is -2.42. The summed E-state index contributed by atoms with van der Waals surface area (Å²) in [6.07, 6.45) is 4.20. The fourth-order valence-corrected chi connectivity index (χ4v) is 3.79. The Balaban J connectivity index is 1.42. The molecule has 2 N–H and O–H groups in total. The normalized spacial score (nSPS) is 15.7. The molecular weight excluding hydrogens is 407 g/mol. The van der Waals surface area contributed by atoms with E-state index in [9.17, 15) is 4.39 Å². The van der Waals surface area contributed by atoms with Crippen LogP contribution in [0.1, 0.15) is 36.3 Å². The summed E-state index contributed by atoms with van der Waals surface area (Å²) >= 11 is 0. The van der Waals surface area contributed by atoms with E-state index >= 15 is 0 Å². The van der Waals surface area contributed by atoms with Gasteiger partial charge in [-0.05, 0) is 30.2 Å². The third-order valence-electron chi connectivity index (χ3n) is 5.51. The molecule has 1 aliphatic heterocycles. The molecule has 0 fully saturated rings. The van der Waals surface area contributed by atoms with Gasteiger partial charge in [0.05, 0.1) is 12.6 Å². The van der Waals surface area contributed by atoms with E-state index in [0.29, 0.717) is 19.7 Å². The van der Waals surface area contributed by atoms with Crippen LogP contribution in [0.3, 0.4) is 0 Å². The van der Waals surface area contributed by atoms with Crippen LogP contribution in [0.25, 0.3) is 0 Å². The average Bonchev–Trinajstić information content (AvgIpc) is 3.28. The second-order valence-corrected chi connectivity index (χ2v) is 7.70. The molecule has 1 aliphatic rings. The molecular formula is C24H29FN6O. The highest BCUT2D eigenvalue weighted by atomic mass is 19.1. The van der Waals surface area contributed by atoms with Gasteiger partial charge in [-0.15, -0.1) is 10.2 Å². The summed E-state index contributed by atoms with van der Waals surface area (Å²) in [7, 11) is 0. The second kappa shape index (κ2) is 10.7. The summed E-state index contributed by atoms with van der Waals surface area (Å²) in [5.74, 6) is 2.41. The predicted molar refractivity (Wildman–Crippen MR) is 122 cm³/mol. The van der Waals surface area contributed by atoms with Crippen molar-refractivity contribution in [3.8, 4) is 5.75 Å². The number of ether oxygens (including phenoxy) is 1. The fraction of sp³-hybridized carbons (Fsp3) is 0.375. The third-order valence-corrected chi connectivity index (χ3v) is 5.51. The van der Waals surface area contributed by atoms with Gasteiger partial charge in [-0.25, -0.2) is 4.39 Å². The van der Waals surface area contributed by atoms with E-state index in [2.05, 4.69) is 33.8 Å². The fourth-order valence-electron chi connectivity index (χ4n) is 3.79. The number of rotatable bonds is 8. The van der Waals surface area contributed by atoms with Gasteiger partial charge < -0.3 is 19.9 Å².